The van der Waals surface area contributed by atoms with Crippen molar-refractivity contribution >= 4 is 34.0 Å². The fourth-order valence-electron chi connectivity index (χ4n) is 3.73. The molecule has 1 heterocycles. The van der Waals surface area contributed by atoms with Gasteiger partial charge >= 0.3 is 6.18 Å². The van der Waals surface area contributed by atoms with E-state index in [0.29, 0.717) is 21.9 Å². The maximum absolute atomic E-state index is 14.3. The maximum atomic E-state index is 14.3. The number of fused-ring (bicyclic) bond motifs is 1. The Balaban J connectivity index is 1.79. The molecule has 1 amide bonds. The van der Waals surface area contributed by atoms with Crippen LogP contribution in [0.3, 0.4) is 0 Å². The van der Waals surface area contributed by atoms with Crippen molar-refractivity contribution < 1.29 is 32.0 Å². The third-order valence-corrected chi connectivity index (χ3v) is 5.67. The Bertz CT molecular complexity index is 1340. The van der Waals surface area contributed by atoms with Crippen LogP contribution in [0, 0.1) is 5.82 Å². The molecule has 0 spiro atoms. The first-order valence-electron chi connectivity index (χ1n) is 10.1. The zero-order chi connectivity index (χ0) is 25.2. The van der Waals surface area contributed by atoms with E-state index in [-0.39, 0.29) is 5.70 Å². The summed E-state index contributed by atoms with van der Waals surface area (Å²) >= 11 is 5.74. The Morgan fingerprint density at radius 3 is 2.54 bits per heavy atom. The lowest BCUT2D eigenvalue weighted by atomic mass is 9.90. The molecular weight excluding hydrogens is 490 g/mol. The molecule has 0 aliphatic carbocycles. The van der Waals surface area contributed by atoms with Crippen molar-refractivity contribution in [2.45, 2.75) is 11.8 Å². The number of amides is 1. The highest BCUT2D eigenvalue weighted by molar-refractivity contribution is 6.30. The van der Waals surface area contributed by atoms with E-state index in [1.807, 2.05) is 0 Å². The number of benzene rings is 3. The maximum Gasteiger partial charge on any atom is 0.428 e. The van der Waals surface area contributed by atoms with Gasteiger partial charge in [0.25, 0.3) is 5.91 Å². The van der Waals surface area contributed by atoms with Crippen LogP contribution < -0.4 is 16.3 Å². The van der Waals surface area contributed by atoms with Crippen molar-refractivity contribution in [3.05, 3.63) is 101 Å². The molecule has 0 aromatic heterocycles. The Morgan fingerprint density at radius 1 is 1.11 bits per heavy atom. The number of hydroxylamine groups is 2. The van der Waals surface area contributed by atoms with Crippen LogP contribution in [0.1, 0.15) is 21.5 Å². The highest BCUT2D eigenvalue weighted by Gasteiger charge is 2.59. The summed E-state index contributed by atoms with van der Waals surface area (Å²) in [6.07, 6.45) is -1.31. The fraction of sp³-hybridized carbons (Fsp3) is 0.125. The first kappa shape index (κ1) is 24.5. The minimum Gasteiger partial charge on any atom is -0.327 e. The van der Waals surface area contributed by atoms with E-state index in [9.17, 15) is 22.4 Å². The van der Waals surface area contributed by atoms with Crippen LogP contribution in [-0.4, -0.2) is 19.2 Å². The number of rotatable bonds is 6. The van der Waals surface area contributed by atoms with Gasteiger partial charge in [-0.3, -0.25) is 25.4 Å². The average Bonchev–Trinajstić information content (AvgIpc) is 3.29. The Morgan fingerprint density at radius 2 is 1.86 bits per heavy atom. The third-order valence-electron chi connectivity index (χ3n) is 5.38. The molecule has 0 saturated carbocycles. The Hall–Kier alpha value is -3.60. The van der Waals surface area contributed by atoms with Gasteiger partial charge in [0.05, 0.1) is 17.8 Å². The first-order valence-corrected chi connectivity index (χ1v) is 10.5. The zero-order valence-corrected chi connectivity index (χ0v) is 18.8. The van der Waals surface area contributed by atoms with Crippen LogP contribution in [0.5, 0.6) is 0 Å². The van der Waals surface area contributed by atoms with Gasteiger partial charge in [-0.15, -0.1) is 0 Å². The average molecular weight is 508 g/mol. The van der Waals surface area contributed by atoms with Crippen molar-refractivity contribution in [3.63, 3.8) is 0 Å². The van der Waals surface area contributed by atoms with Gasteiger partial charge in [-0.05, 0) is 35.0 Å². The highest BCUT2D eigenvalue weighted by Crippen LogP contribution is 2.48. The van der Waals surface area contributed by atoms with E-state index in [4.69, 9.17) is 16.4 Å². The van der Waals surface area contributed by atoms with E-state index >= 15 is 0 Å². The van der Waals surface area contributed by atoms with Crippen LogP contribution in [0.4, 0.5) is 17.6 Å². The quantitative estimate of drug-likeness (QED) is 0.311. The standard InChI is InChI=1S/C24H18ClF4N3O3/c1-34-31-11-10-30-22(33)18-8-7-17(15-4-2-3-5-16(15)18)21-13-23(35-32-21,24(27,28)29)14-6-9-20(26)19(25)12-14/h2-13,31-32H,1H3,(H,30,33). The van der Waals surface area contributed by atoms with Crippen molar-refractivity contribution in [2.24, 2.45) is 0 Å². The summed E-state index contributed by atoms with van der Waals surface area (Å²) in [7, 11) is 1.41. The number of carbonyl (C=O) groups is 1. The molecule has 35 heavy (non-hydrogen) atoms. The number of nitrogens with one attached hydrogen (secondary N) is 3. The summed E-state index contributed by atoms with van der Waals surface area (Å²) < 4.78 is 56.4. The summed E-state index contributed by atoms with van der Waals surface area (Å²) in [4.78, 5) is 22.4. The minimum absolute atomic E-state index is 0.0233. The Kier molecular flexibility index (Phi) is 6.70. The molecule has 1 atom stereocenters. The molecule has 3 aromatic rings. The lowest BCUT2D eigenvalue weighted by Crippen LogP contribution is -2.42. The molecule has 1 aliphatic heterocycles. The van der Waals surface area contributed by atoms with E-state index in [1.165, 1.54) is 31.6 Å². The topological polar surface area (TPSA) is 71.6 Å². The summed E-state index contributed by atoms with van der Waals surface area (Å²) in [5.74, 6) is -1.28. The van der Waals surface area contributed by atoms with Gasteiger partial charge in [-0.2, -0.15) is 13.2 Å². The summed E-state index contributed by atoms with van der Waals surface area (Å²) in [5, 5.41) is 3.12. The van der Waals surface area contributed by atoms with E-state index in [2.05, 4.69) is 21.1 Å². The van der Waals surface area contributed by atoms with Gasteiger partial charge in [0.2, 0.25) is 5.60 Å². The van der Waals surface area contributed by atoms with E-state index in [1.54, 1.807) is 24.3 Å². The fourth-order valence-corrected chi connectivity index (χ4v) is 3.91. The predicted molar refractivity (Wildman–Crippen MR) is 122 cm³/mol. The van der Waals surface area contributed by atoms with Crippen molar-refractivity contribution in [2.75, 3.05) is 7.11 Å². The van der Waals surface area contributed by atoms with Crippen molar-refractivity contribution in [3.8, 4) is 0 Å². The minimum atomic E-state index is -4.90. The molecule has 0 bridgehead atoms. The van der Waals surface area contributed by atoms with Crippen LogP contribution in [0.2, 0.25) is 5.02 Å². The van der Waals surface area contributed by atoms with E-state index in [0.717, 1.165) is 24.3 Å². The van der Waals surface area contributed by atoms with Crippen LogP contribution >= 0.6 is 11.6 Å². The van der Waals surface area contributed by atoms with Gasteiger partial charge in [0.1, 0.15) is 5.82 Å². The highest BCUT2D eigenvalue weighted by atomic mass is 35.5. The lowest BCUT2D eigenvalue weighted by molar-refractivity contribution is -0.269. The van der Waals surface area contributed by atoms with Gasteiger partial charge in [-0.25, -0.2) is 4.39 Å². The molecule has 0 fully saturated rings. The van der Waals surface area contributed by atoms with Gasteiger partial charge in [0.15, 0.2) is 0 Å². The number of alkyl halides is 3. The summed E-state index contributed by atoms with van der Waals surface area (Å²) in [6, 6.07) is 12.5. The van der Waals surface area contributed by atoms with Crippen LogP contribution in [0.15, 0.2) is 73.1 Å². The smallest absolute Gasteiger partial charge is 0.327 e. The Labute approximate surface area is 202 Å². The molecule has 3 aromatic carbocycles. The third kappa shape index (κ3) is 4.55. The second-order valence-corrected chi connectivity index (χ2v) is 7.87. The lowest BCUT2D eigenvalue weighted by Gasteiger charge is -2.28. The largest absolute Gasteiger partial charge is 0.428 e. The number of hydrogen-bond donors (Lipinski definition) is 3. The molecule has 4 rings (SSSR count). The molecular formula is C24H18ClF4N3O3. The number of carbonyl (C=O) groups excluding carboxylic acids is 1. The van der Waals surface area contributed by atoms with Gasteiger partial charge in [-0.1, -0.05) is 48.0 Å². The summed E-state index contributed by atoms with van der Waals surface area (Å²) in [5.41, 5.74) is 2.19. The SMILES string of the molecule is CONC=CNC(=O)c1ccc(C2=CC(c3ccc(F)c(Cl)c3)(C(F)(F)F)ON2)c2ccccc12. The predicted octanol–water partition coefficient (Wildman–Crippen LogP) is 5.32. The van der Waals surface area contributed by atoms with E-state index < -0.39 is 34.1 Å². The molecule has 6 nitrogen and oxygen atoms in total. The van der Waals surface area contributed by atoms with Crippen molar-refractivity contribution in [1.29, 1.82) is 0 Å². The second kappa shape index (κ2) is 9.57. The number of halogens is 5. The molecule has 0 radical (unpaired) electrons. The first-order chi connectivity index (χ1) is 16.7. The number of hydrogen-bond acceptors (Lipinski definition) is 5. The zero-order valence-electron chi connectivity index (χ0n) is 18.0. The second-order valence-electron chi connectivity index (χ2n) is 7.46. The molecule has 3 N–H and O–H groups in total. The molecule has 1 unspecified atom stereocenters. The van der Waals surface area contributed by atoms with Crippen LogP contribution in [0.25, 0.3) is 16.5 Å². The molecule has 182 valence electrons. The normalized spacial score (nSPS) is 17.9. The summed E-state index contributed by atoms with van der Waals surface area (Å²) in [6.45, 7) is 0. The van der Waals surface area contributed by atoms with Crippen molar-refractivity contribution in [1.82, 2.24) is 16.3 Å². The van der Waals surface area contributed by atoms with Gasteiger partial charge in [0, 0.05) is 29.1 Å². The monoisotopic (exact) mass is 507 g/mol. The van der Waals surface area contributed by atoms with Crippen LogP contribution in [-0.2, 0) is 15.3 Å². The molecule has 0 saturated heterocycles. The van der Waals surface area contributed by atoms with Gasteiger partial charge < -0.3 is 5.32 Å². The molecule has 11 heteroatoms. The molecule has 1 aliphatic rings.